The summed E-state index contributed by atoms with van der Waals surface area (Å²) in [5.74, 6) is -1.34. The molecule has 5 nitrogen and oxygen atoms in total. The number of aliphatic hydroxyl groups is 1. The number of nitrogens with one attached hydrogen (secondary N) is 2. The minimum absolute atomic E-state index is 0.0301. The van der Waals surface area contributed by atoms with Gasteiger partial charge in [-0.25, -0.2) is 8.78 Å². The van der Waals surface area contributed by atoms with Crippen molar-refractivity contribution in [3.05, 3.63) is 75.2 Å². The summed E-state index contributed by atoms with van der Waals surface area (Å²) >= 11 is 1.06. The fourth-order valence-corrected chi connectivity index (χ4v) is 4.67. The molecule has 0 unspecified atom stereocenters. The van der Waals surface area contributed by atoms with Crippen molar-refractivity contribution in [1.29, 1.82) is 10.7 Å². The van der Waals surface area contributed by atoms with Gasteiger partial charge in [-0.1, -0.05) is 6.07 Å². The number of hydrogen-bond acceptors (Lipinski definition) is 6. The molecule has 1 heterocycles. The van der Waals surface area contributed by atoms with E-state index < -0.39 is 17.2 Å². The minimum atomic E-state index is -0.749. The molecule has 1 saturated carbocycles. The zero-order valence-electron chi connectivity index (χ0n) is 16.9. The maximum Gasteiger partial charge on any atom is 0.160 e. The van der Waals surface area contributed by atoms with Gasteiger partial charge in [-0.05, 0) is 49.1 Å². The van der Waals surface area contributed by atoms with Crippen LogP contribution in [0.3, 0.4) is 0 Å². The van der Waals surface area contributed by atoms with E-state index in [1.54, 1.807) is 24.4 Å². The van der Waals surface area contributed by atoms with Crippen LogP contribution in [0.2, 0.25) is 0 Å². The number of nitrogens with zero attached hydrogens (tertiary/aromatic N) is 1. The summed E-state index contributed by atoms with van der Waals surface area (Å²) in [7, 11) is 0. The van der Waals surface area contributed by atoms with E-state index in [0.717, 1.165) is 23.8 Å². The van der Waals surface area contributed by atoms with Gasteiger partial charge in [0.1, 0.15) is 17.7 Å². The van der Waals surface area contributed by atoms with Crippen LogP contribution in [0.25, 0.3) is 16.7 Å². The van der Waals surface area contributed by atoms with E-state index in [4.69, 9.17) is 10.7 Å². The Morgan fingerprint density at radius 1 is 1.28 bits per heavy atom. The summed E-state index contributed by atoms with van der Waals surface area (Å²) in [6.07, 6.45) is 7.19. The summed E-state index contributed by atoms with van der Waals surface area (Å²) in [5.41, 5.74) is 0.572. The van der Waals surface area contributed by atoms with E-state index in [1.807, 2.05) is 0 Å². The molecule has 1 fully saturated rings. The molecule has 0 atom stereocenters. The molecule has 0 saturated heterocycles. The summed E-state index contributed by atoms with van der Waals surface area (Å²) in [4.78, 5) is 12.2. The molecule has 4 rings (SSSR count). The van der Waals surface area contributed by atoms with Gasteiger partial charge in [0, 0.05) is 40.4 Å². The lowest BCUT2D eigenvalue weighted by Gasteiger charge is -2.36. The Kier molecular flexibility index (Phi) is 5.87. The van der Waals surface area contributed by atoms with E-state index in [-0.39, 0.29) is 16.8 Å². The predicted octanol–water partition coefficient (Wildman–Crippen LogP) is 4.90. The maximum atomic E-state index is 14.9. The van der Waals surface area contributed by atoms with Gasteiger partial charge in [-0.2, -0.15) is 5.26 Å². The number of carbonyl (C=O) groups is 1. The Labute approximate surface area is 187 Å². The number of halogens is 2. The number of allylic oxidation sites excluding steroid dienone is 5. The van der Waals surface area contributed by atoms with Gasteiger partial charge in [-0.3, -0.25) is 4.79 Å². The highest BCUT2D eigenvalue weighted by Gasteiger charge is 2.33. The van der Waals surface area contributed by atoms with Crippen molar-refractivity contribution in [2.75, 3.05) is 6.54 Å². The van der Waals surface area contributed by atoms with Crippen molar-refractivity contribution in [2.45, 2.75) is 24.9 Å². The van der Waals surface area contributed by atoms with E-state index in [1.165, 1.54) is 18.2 Å². The van der Waals surface area contributed by atoms with Gasteiger partial charge in [-0.15, -0.1) is 11.3 Å². The number of aldehydes is 1. The highest BCUT2D eigenvalue weighted by atomic mass is 32.1. The van der Waals surface area contributed by atoms with Crippen LogP contribution < -0.4 is 5.32 Å². The minimum Gasteiger partial charge on any atom is -0.388 e. The Balaban J connectivity index is 1.72. The van der Waals surface area contributed by atoms with Crippen LogP contribution >= 0.6 is 11.3 Å². The second-order valence-electron chi connectivity index (χ2n) is 7.84. The van der Waals surface area contributed by atoms with Gasteiger partial charge >= 0.3 is 0 Å². The van der Waals surface area contributed by atoms with Crippen LogP contribution in [0.1, 0.15) is 39.4 Å². The van der Waals surface area contributed by atoms with Crippen LogP contribution in [0.5, 0.6) is 0 Å². The van der Waals surface area contributed by atoms with Crippen LogP contribution in [-0.4, -0.2) is 29.3 Å². The highest BCUT2D eigenvalue weighted by molar-refractivity contribution is 7.15. The van der Waals surface area contributed by atoms with Gasteiger partial charge < -0.3 is 15.8 Å². The predicted molar refractivity (Wildman–Crippen MR) is 120 cm³/mol. The number of nitriles is 1. The SMILES string of the molecule is N#Cc1ccc(-c2cc(C=O)sc2C2=C/C(=C/NCC3(O)CCC3)C(=N)C=C2F)cc1F. The normalized spacial score (nSPS) is 18.4. The lowest BCUT2D eigenvalue weighted by Crippen LogP contribution is -2.45. The van der Waals surface area contributed by atoms with Gasteiger partial charge in [0.15, 0.2) is 6.29 Å². The monoisotopic (exact) mass is 451 g/mol. The second-order valence-corrected chi connectivity index (χ2v) is 8.92. The number of hydrogen-bond donors (Lipinski definition) is 3. The smallest absolute Gasteiger partial charge is 0.160 e. The molecule has 1 aromatic heterocycles. The maximum absolute atomic E-state index is 14.9. The lowest BCUT2D eigenvalue weighted by molar-refractivity contribution is -0.0287. The Morgan fingerprint density at radius 2 is 2.06 bits per heavy atom. The third-order valence-electron chi connectivity index (χ3n) is 5.62. The zero-order chi connectivity index (χ0) is 22.9. The molecule has 0 amide bonds. The largest absolute Gasteiger partial charge is 0.388 e. The zero-order valence-corrected chi connectivity index (χ0v) is 17.7. The molecule has 162 valence electrons. The number of carbonyl (C=O) groups excluding carboxylic acids is 1. The average Bonchev–Trinajstić information content (AvgIpc) is 3.18. The van der Waals surface area contributed by atoms with Gasteiger partial charge in [0.2, 0.25) is 0 Å². The Bertz CT molecular complexity index is 1250. The molecule has 0 spiro atoms. The highest BCUT2D eigenvalue weighted by Crippen LogP contribution is 2.41. The standard InChI is InChI=1S/C24H19F2N3O2S/c25-20-7-14(2-3-15(20)10-27)18-8-17(12-30)32-23(18)19-6-16(22(28)9-21(19)26)11-29-13-24(31)4-1-5-24/h2-3,6-9,11-12,28-29,31H,1,4-5,13H2/b16-11-,28-22?. The quantitative estimate of drug-likeness (QED) is 0.545. The average molecular weight is 451 g/mol. The fraction of sp³-hybridized carbons (Fsp3) is 0.208. The molecule has 0 aliphatic heterocycles. The number of rotatable bonds is 6. The summed E-state index contributed by atoms with van der Waals surface area (Å²) in [6, 6.07) is 7.38. The van der Waals surface area contributed by atoms with Gasteiger partial charge in [0.05, 0.1) is 21.8 Å². The van der Waals surface area contributed by atoms with Crippen LogP contribution in [0.4, 0.5) is 8.78 Å². The first kappa shape index (κ1) is 21.8. The van der Waals surface area contributed by atoms with Crippen molar-refractivity contribution in [3.63, 3.8) is 0 Å². The first-order valence-electron chi connectivity index (χ1n) is 9.97. The number of thiophene rings is 1. The number of benzene rings is 1. The van der Waals surface area contributed by atoms with E-state index in [9.17, 15) is 18.7 Å². The topological polar surface area (TPSA) is 97.0 Å². The van der Waals surface area contributed by atoms with Crippen molar-refractivity contribution < 1.29 is 18.7 Å². The molecular formula is C24H19F2N3O2S. The first-order chi connectivity index (χ1) is 15.3. The molecule has 1 aromatic carbocycles. The van der Waals surface area contributed by atoms with Crippen molar-refractivity contribution in [3.8, 4) is 17.2 Å². The second kappa shape index (κ2) is 8.61. The fourth-order valence-electron chi connectivity index (χ4n) is 3.65. The van der Waals surface area contributed by atoms with E-state index >= 15 is 0 Å². The molecule has 2 aliphatic carbocycles. The summed E-state index contributed by atoms with van der Waals surface area (Å²) < 4.78 is 29.1. The van der Waals surface area contributed by atoms with Crippen LogP contribution in [0.15, 0.2) is 54.0 Å². The third-order valence-corrected chi connectivity index (χ3v) is 6.72. The molecule has 2 aromatic rings. The van der Waals surface area contributed by atoms with Crippen molar-refractivity contribution in [1.82, 2.24) is 5.32 Å². The van der Waals surface area contributed by atoms with E-state index in [2.05, 4.69) is 5.32 Å². The van der Waals surface area contributed by atoms with Crippen molar-refractivity contribution >= 4 is 28.9 Å². The first-order valence-corrected chi connectivity index (χ1v) is 10.8. The Morgan fingerprint density at radius 3 is 2.69 bits per heavy atom. The molecule has 0 radical (unpaired) electrons. The summed E-state index contributed by atoms with van der Waals surface area (Å²) in [6.45, 7) is 0.337. The molecular weight excluding hydrogens is 432 g/mol. The summed E-state index contributed by atoms with van der Waals surface area (Å²) in [5, 5.41) is 30.3. The van der Waals surface area contributed by atoms with E-state index in [0.29, 0.717) is 52.1 Å². The van der Waals surface area contributed by atoms with Crippen LogP contribution in [0, 0.1) is 22.6 Å². The van der Waals surface area contributed by atoms with Crippen molar-refractivity contribution in [2.24, 2.45) is 0 Å². The molecule has 3 N–H and O–H groups in total. The third kappa shape index (κ3) is 4.17. The Hall–Kier alpha value is -3.41. The molecule has 32 heavy (non-hydrogen) atoms. The molecule has 0 bridgehead atoms. The molecule has 8 heteroatoms. The van der Waals surface area contributed by atoms with Gasteiger partial charge in [0.25, 0.3) is 0 Å². The lowest BCUT2D eigenvalue weighted by atomic mass is 9.80. The molecule has 2 aliphatic rings. The van der Waals surface area contributed by atoms with Crippen LogP contribution in [-0.2, 0) is 0 Å².